The predicted molar refractivity (Wildman–Crippen MR) is 79.0 cm³/mol. The van der Waals surface area contributed by atoms with E-state index in [4.69, 9.17) is 15.2 Å². The second-order valence-electron chi connectivity index (χ2n) is 5.56. The molecule has 0 aliphatic rings. The highest BCUT2D eigenvalue weighted by molar-refractivity contribution is 5.77. The van der Waals surface area contributed by atoms with Gasteiger partial charge in [0, 0.05) is 17.5 Å². The van der Waals surface area contributed by atoms with Crippen molar-refractivity contribution >= 4 is 5.91 Å². The molecular weight excluding hydrogens is 256 g/mol. The van der Waals surface area contributed by atoms with Crippen LogP contribution in [0.1, 0.15) is 38.8 Å². The van der Waals surface area contributed by atoms with E-state index in [1.165, 1.54) is 0 Å². The molecule has 0 bridgehead atoms. The molecule has 1 rings (SSSR count). The molecule has 112 valence electrons. The highest BCUT2D eigenvalue weighted by Gasteiger charge is 2.20. The number of amides is 1. The Morgan fingerprint density at radius 3 is 2.50 bits per heavy atom. The van der Waals surface area contributed by atoms with Crippen LogP contribution in [0.3, 0.4) is 0 Å². The van der Waals surface area contributed by atoms with Gasteiger partial charge in [-0.15, -0.1) is 0 Å². The van der Waals surface area contributed by atoms with E-state index in [1.807, 2.05) is 39.0 Å². The van der Waals surface area contributed by atoms with E-state index in [9.17, 15) is 4.79 Å². The normalized spacial score (nSPS) is 12.7. The Bertz CT molecular complexity index is 467. The number of carbonyl (C=O) groups excluding carboxylic acids is 1. The smallest absolute Gasteiger partial charge is 0.222 e. The third-order valence-corrected chi connectivity index (χ3v) is 2.90. The fourth-order valence-electron chi connectivity index (χ4n) is 1.96. The summed E-state index contributed by atoms with van der Waals surface area (Å²) in [5.74, 6) is 1.35. The number of ether oxygens (including phenoxy) is 2. The number of hydrogen-bond acceptors (Lipinski definition) is 4. The monoisotopic (exact) mass is 280 g/mol. The Morgan fingerprint density at radius 2 is 2.00 bits per heavy atom. The van der Waals surface area contributed by atoms with Crippen molar-refractivity contribution in [2.24, 2.45) is 5.73 Å². The largest absolute Gasteiger partial charge is 0.497 e. The van der Waals surface area contributed by atoms with E-state index in [0.717, 1.165) is 11.3 Å². The van der Waals surface area contributed by atoms with Gasteiger partial charge in [-0.3, -0.25) is 4.79 Å². The highest BCUT2D eigenvalue weighted by Crippen LogP contribution is 2.29. The van der Waals surface area contributed by atoms with Gasteiger partial charge in [0.1, 0.15) is 11.5 Å². The van der Waals surface area contributed by atoms with Gasteiger partial charge in [0.25, 0.3) is 0 Å². The summed E-state index contributed by atoms with van der Waals surface area (Å²) < 4.78 is 10.5. The quantitative estimate of drug-likeness (QED) is 0.836. The minimum atomic E-state index is -0.526. The third-order valence-electron chi connectivity index (χ3n) is 2.90. The van der Waals surface area contributed by atoms with Gasteiger partial charge in [0.05, 0.1) is 20.3 Å². The van der Waals surface area contributed by atoms with Gasteiger partial charge >= 0.3 is 0 Å². The van der Waals surface area contributed by atoms with Crippen molar-refractivity contribution in [2.75, 3.05) is 14.2 Å². The lowest BCUT2D eigenvalue weighted by Gasteiger charge is -2.22. The third kappa shape index (κ3) is 4.74. The van der Waals surface area contributed by atoms with Crippen LogP contribution in [0.2, 0.25) is 0 Å². The molecule has 20 heavy (non-hydrogen) atoms. The van der Waals surface area contributed by atoms with Crippen molar-refractivity contribution in [3.8, 4) is 11.5 Å². The summed E-state index contributed by atoms with van der Waals surface area (Å²) in [7, 11) is 3.20. The number of methoxy groups -OCH3 is 2. The summed E-state index contributed by atoms with van der Waals surface area (Å²) in [6.07, 6.45) is 0.267. The average Bonchev–Trinajstić information content (AvgIpc) is 2.35. The molecule has 3 N–H and O–H groups in total. The summed E-state index contributed by atoms with van der Waals surface area (Å²) in [5, 5.41) is 2.92. The molecule has 0 saturated heterocycles. The molecule has 0 aliphatic carbocycles. The number of nitrogens with one attached hydrogen (secondary N) is 1. The van der Waals surface area contributed by atoms with Crippen molar-refractivity contribution in [3.05, 3.63) is 23.8 Å². The Labute approximate surface area is 120 Å². The van der Waals surface area contributed by atoms with Crippen LogP contribution < -0.4 is 20.5 Å². The topological polar surface area (TPSA) is 73.6 Å². The van der Waals surface area contributed by atoms with E-state index >= 15 is 0 Å². The molecule has 0 radical (unpaired) electrons. The number of benzene rings is 1. The highest BCUT2D eigenvalue weighted by atomic mass is 16.5. The van der Waals surface area contributed by atoms with Crippen LogP contribution in [-0.4, -0.2) is 25.7 Å². The lowest BCUT2D eigenvalue weighted by Crippen LogP contribution is -2.39. The Kier molecular flexibility index (Phi) is 5.39. The second-order valence-corrected chi connectivity index (χ2v) is 5.56. The zero-order chi connectivity index (χ0) is 15.3. The summed E-state index contributed by atoms with van der Waals surface area (Å²) in [5.41, 5.74) is 6.19. The minimum absolute atomic E-state index is 0.0881. The lowest BCUT2D eigenvalue weighted by atomic mass is 10.0. The molecule has 1 aromatic carbocycles. The maximum Gasteiger partial charge on any atom is 0.222 e. The zero-order valence-corrected chi connectivity index (χ0v) is 12.8. The molecular formula is C15H24N2O3. The van der Waals surface area contributed by atoms with E-state index < -0.39 is 5.54 Å². The molecule has 1 aromatic rings. The van der Waals surface area contributed by atoms with Crippen LogP contribution in [0.25, 0.3) is 0 Å². The van der Waals surface area contributed by atoms with Crippen molar-refractivity contribution in [3.63, 3.8) is 0 Å². The molecule has 1 atom stereocenters. The molecule has 0 aromatic heterocycles. The maximum absolute atomic E-state index is 11.9. The van der Waals surface area contributed by atoms with Crippen molar-refractivity contribution in [2.45, 2.75) is 38.8 Å². The molecule has 5 nitrogen and oxygen atoms in total. The van der Waals surface area contributed by atoms with Gasteiger partial charge in [0.2, 0.25) is 5.91 Å². The molecule has 1 unspecified atom stereocenters. The van der Waals surface area contributed by atoms with Crippen LogP contribution in [-0.2, 0) is 4.79 Å². The molecule has 0 fully saturated rings. The number of carbonyl (C=O) groups is 1. The molecule has 0 heterocycles. The molecule has 0 saturated carbocycles. The number of rotatable bonds is 6. The van der Waals surface area contributed by atoms with Gasteiger partial charge in [-0.05, 0) is 39.0 Å². The van der Waals surface area contributed by atoms with E-state index in [2.05, 4.69) is 5.32 Å². The summed E-state index contributed by atoms with van der Waals surface area (Å²) in [4.78, 5) is 11.9. The van der Waals surface area contributed by atoms with Gasteiger partial charge in [-0.2, -0.15) is 0 Å². The van der Waals surface area contributed by atoms with Crippen LogP contribution in [0.15, 0.2) is 18.2 Å². The average molecular weight is 280 g/mol. The van der Waals surface area contributed by atoms with E-state index in [1.54, 1.807) is 14.2 Å². The number of hydrogen-bond donors (Lipinski definition) is 2. The standard InChI is InChI=1S/C15H24N2O3/c1-10(17-14(18)9-15(2,3)16)12-8-11(19-4)6-7-13(12)20-5/h6-8,10H,9,16H2,1-5H3,(H,17,18). The van der Waals surface area contributed by atoms with Crippen LogP contribution in [0.4, 0.5) is 0 Å². The Balaban J connectivity index is 2.85. The predicted octanol–water partition coefficient (Wildman–Crippen LogP) is 2.01. The number of nitrogens with two attached hydrogens (primary N) is 1. The SMILES string of the molecule is COc1ccc(OC)c(C(C)NC(=O)CC(C)(C)N)c1. The first-order valence-electron chi connectivity index (χ1n) is 6.57. The van der Waals surface area contributed by atoms with Crippen molar-refractivity contribution < 1.29 is 14.3 Å². The van der Waals surface area contributed by atoms with Crippen LogP contribution in [0.5, 0.6) is 11.5 Å². The van der Waals surface area contributed by atoms with Gasteiger partial charge < -0.3 is 20.5 Å². The van der Waals surface area contributed by atoms with Gasteiger partial charge in [-0.25, -0.2) is 0 Å². The molecule has 0 aliphatic heterocycles. The summed E-state index contributed by atoms with van der Waals surface area (Å²) in [6.45, 7) is 5.55. The second kappa shape index (κ2) is 6.61. The summed E-state index contributed by atoms with van der Waals surface area (Å²) >= 11 is 0. The van der Waals surface area contributed by atoms with E-state index in [0.29, 0.717) is 5.75 Å². The first kappa shape index (κ1) is 16.3. The van der Waals surface area contributed by atoms with Crippen LogP contribution in [0, 0.1) is 0 Å². The fourth-order valence-corrected chi connectivity index (χ4v) is 1.96. The Morgan fingerprint density at radius 1 is 1.35 bits per heavy atom. The van der Waals surface area contributed by atoms with Gasteiger partial charge in [0.15, 0.2) is 0 Å². The minimum Gasteiger partial charge on any atom is -0.497 e. The fraction of sp³-hybridized carbons (Fsp3) is 0.533. The first-order valence-corrected chi connectivity index (χ1v) is 6.57. The lowest BCUT2D eigenvalue weighted by molar-refractivity contribution is -0.122. The van der Waals surface area contributed by atoms with E-state index in [-0.39, 0.29) is 18.4 Å². The van der Waals surface area contributed by atoms with Gasteiger partial charge in [-0.1, -0.05) is 0 Å². The van der Waals surface area contributed by atoms with Crippen LogP contribution >= 0.6 is 0 Å². The molecule has 5 heteroatoms. The summed E-state index contributed by atoms with van der Waals surface area (Å²) in [6, 6.07) is 5.32. The molecule has 1 amide bonds. The Hall–Kier alpha value is -1.75. The van der Waals surface area contributed by atoms with Crippen molar-refractivity contribution in [1.82, 2.24) is 5.32 Å². The van der Waals surface area contributed by atoms with Crippen molar-refractivity contribution in [1.29, 1.82) is 0 Å². The first-order chi connectivity index (χ1) is 9.26. The zero-order valence-electron chi connectivity index (χ0n) is 12.8. The molecule has 0 spiro atoms. The maximum atomic E-state index is 11.9.